The SMILES string of the molecule is Cc1ccc(-c2nc(COC(=O)[C@H](C)N3C(=O)[C@@H]4CCCC[C@H]4C3=O)cs2)cc1. The van der Waals surface area contributed by atoms with E-state index < -0.39 is 12.0 Å². The Morgan fingerprint density at radius 3 is 2.41 bits per heavy atom. The van der Waals surface area contributed by atoms with Crippen LogP contribution in [0.2, 0.25) is 0 Å². The van der Waals surface area contributed by atoms with Gasteiger partial charge in [0.25, 0.3) is 0 Å². The average molecular weight is 413 g/mol. The zero-order chi connectivity index (χ0) is 20.5. The molecule has 0 N–H and O–H groups in total. The van der Waals surface area contributed by atoms with Crippen LogP contribution in [0.5, 0.6) is 0 Å². The van der Waals surface area contributed by atoms with Gasteiger partial charge in [-0.3, -0.25) is 14.5 Å². The first-order valence-electron chi connectivity index (χ1n) is 10.0. The first-order chi connectivity index (χ1) is 14.0. The number of amides is 2. The van der Waals surface area contributed by atoms with Crippen LogP contribution in [0.4, 0.5) is 0 Å². The molecule has 1 aliphatic heterocycles. The molecule has 7 heteroatoms. The van der Waals surface area contributed by atoms with E-state index in [0.717, 1.165) is 41.2 Å². The van der Waals surface area contributed by atoms with Crippen molar-refractivity contribution >= 4 is 29.1 Å². The maximum atomic E-state index is 12.6. The normalized spacial score (nSPS) is 22.5. The van der Waals surface area contributed by atoms with Crippen molar-refractivity contribution in [1.82, 2.24) is 9.88 Å². The second-order valence-corrected chi connectivity index (χ2v) is 8.70. The van der Waals surface area contributed by atoms with E-state index in [-0.39, 0.29) is 30.3 Å². The fraction of sp³-hybridized carbons (Fsp3) is 0.455. The highest BCUT2D eigenvalue weighted by Gasteiger charge is 2.51. The third-order valence-corrected chi connectivity index (χ3v) is 6.76. The quantitative estimate of drug-likeness (QED) is 0.552. The minimum atomic E-state index is -0.907. The Morgan fingerprint density at radius 1 is 1.17 bits per heavy atom. The molecule has 1 aromatic heterocycles. The van der Waals surface area contributed by atoms with Crippen molar-refractivity contribution in [3.8, 4) is 10.6 Å². The number of thiazole rings is 1. The number of nitrogens with zero attached hydrogens (tertiary/aromatic N) is 2. The van der Waals surface area contributed by atoms with Gasteiger partial charge in [0.15, 0.2) is 0 Å². The first kappa shape index (κ1) is 19.8. The van der Waals surface area contributed by atoms with Crippen LogP contribution in [-0.2, 0) is 25.7 Å². The molecule has 6 nitrogen and oxygen atoms in total. The molecule has 2 heterocycles. The van der Waals surface area contributed by atoms with E-state index in [9.17, 15) is 14.4 Å². The molecule has 2 aliphatic rings. The van der Waals surface area contributed by atoms with Crippen LogP contribution in [0.1, 0.15) is 43.9 Å². The summed E-state index contributed by atoms with van der Waals surface area (Å²) in [6, 6.07) is 7.17. The molecule has 0 spiro atoms. The second-order valence-electron chi connectivity index (χ2n) is 7.84. The molecule has 2 amide bonds. The number of imide groups is 1. The van der Waals surface area contributed by atoms with Crippen LogP contribution in [0.3, 0.4) is 0 Å². The Kier molecular flexibility index (Phi) is 5.50. The van der Waals surface area contributed by atoms with E-state index >= 15 is 0 Å². The lowest BCUT2D eigenvalue weighted by atomic mass is 9.81. The third-order valence-electron chi connectivity index (χ3n) is 5.82. The van der Waals surface area contributed by atoms with Gasteiger partial charge in [0.1, 0.15) is 17.7 Å². The van der Waals surface area contributed by atoms with Gasteiger partial charge < -0.3 is 4.74 Å². The summed E-state index contributed by atoms with van der Waals surface area (Å²) in [5, 5.41) is 2.71. The molecule has 0 bridgehead atoms. The van der Waals surface area contributed by atoms with Gasteiger partial charge >= 0.3 is 5.97 Å². The van der Waals surface area contributed by atoms with E-state index in [1.165, 1.54) is 16.9 Å². The molecule has 0 radical (unpaired) electrons. The van der Waals surface area contributed by atoms with Crippen molar-refractivity contribution in [2.24, 2.45) is 11.8 Å². The van der Waals surface area contributed by atoms with E-state index in [0.29, 0.717) is 5.69 Å². The number of rotatable bonds is 5. The molecule has 2 aromatic rings. The smallest absolute Gasteiger partial charge is 0.329 e. The molecule has 1 saturated heterocycles. The fourth-order valence-electron chi connectivity index (χ4n) is 4.14. The summed E-state index contributed by atoms with van der Waals surface area (Å²) in [6.45, 7) is 3.62. The zero-order valence-corrected chi connectivity index (χ0v) is 17.4. The van der Waals surface area contributed by atoms with E-state index in [1.54, 1.807) is 6.92 Å². The van der Waals surface area contributed by atoms with Crippen LogP contribution < -0.4 is 0 Å². The number of hydrogen-bond donors (Lipinski definition) is 0. The van der Waals surface area contributed by atoms with Crippen molar-refractivity contribution in [1.29, 1.82) is 0 Å². The summed E-state index contributed by atoms with van der Waals surface area (Å²) >= 11 is 1.49. The summed E-state index contributed by atoms with van der Waals surface area (Å²) in [7, 11) is 0. The molecule has 1 aliphatic carbocycles. The number of fused-ring (bicyclic) bond motifs is 1. The second kappa shape index (κ2) is 8.06. The molecule has 1 aromatic carbocycles. The van der Waals surface area contributed by atoms with Gasteiger partial charge in [-0.2, -0.15) is 0 Å². The van der Waals surface area contributed by atoms with E-state index in [1.807, 2.05) is 36.6 Å². The molecule has 3 atom stereocenters. The predicted molar refractivity (Wildman–Crippen MR) is 109 cm³/mol. The lowest BCUT2D eigenvalue weighted by Crippen LogP contribution is -2.44. The highest BCUT2D eigenvalue weighted by Crippen LogP contribution is 2.39. The summed E-state index contributed by atoms with van der Waals surface area (Å²) in [5.41, 5.74) is 2.85. The number of ether oxygens (including phenoxy) is 1. The van der Waals surface area contributed by atoms with E-state index in [4.69, 9.17) is 4.74 Å². The molecule has 0 unspecified atom stereocenters. The molecular weight excluding hydrogens is 388 g/mol. The summed E-state index contributed by atoms with van der Waals surface area (Å²) in [5.74, 6) is -1.54. The van der Waals surface area contributed by atoms with Crippen molar-refractivity contribution in [2.75, 3.05) is 0 Å². The maximum absolute atomic E-state index is 12.6. The average Bonchev–Trinajstić information content (AvgIpc) is 3.30. The third kappa shape index (κ3) is 3.83. The molecule has 29 heavy (non-hydrogen) atoms. The predicted octanol–water partition coefficient (Wildman–Crippen LogP) is 3.73. The molecule has 2 fully saturated rings. The lowest BCUT2D eigenvalue weighted by Gasteiger charge is -2.21. The summed E-state index contributed by atoms with van der Waals surface area (Å²) in [6.07, 6.45) is 3.38. The molecule has 152 valence electrons. The molecule has 1 saturated carbocycles. The van der Waals surface area contributed by atoms with Crippen LogP contribution in [0.15, 0.2) is 29.6 Å². The Bertz CT molecular complexity index is 913. The van der Waals surface area contributed by atoms with Gasteiger partial charge in [-0.15, -0.1) is 11.3 Å². The number of likely N-dealkylation sites (tertiary alicyclic amines) is 1. The van der Waals surface area contributed by atoms with Gasteiger partial charge in [0.2, 0.25) is 11.8 Å². The number of aryl methyl sites for hydroxylation is 1. The number of carbonyl (C=O) groups excluding carboxylic acids is 3. The summed E-state index contributed by atoms with van der Waals surface area (Å²) in [4.78, 5) is 43.5. The van der Waals surface area contributed by atoms with Gasteiger partial charge in [-0.25, -0.2) is 9.78 Å². The minimum absolute atomic E-state index is 0.0224. The zero-order valence-electron chi connectivity index (χ0n) is 16.6. The monoisotopic (exact) mass is 412 g/mol. The van der Waals surface area contributed by atoms with Crippen LogP contribution in [0, 0.1) is 18.8 Å². The van der Waals surface area contributed by atoms with Crippen LogP contribution in [0.25, 0.3) is 10.6 Å². The highest BCUT2D eigenvalue weighted by atomic mass is 32.1. The van der Waals surface area contributed by atoms with Gasteiger partial charge in [-0.05, 0) is 26.7 Å². The number of hydrogen-bond acceptors (Lipinski definition) is 6. The van der Waals surface area contributed by atoms with Crippen molar-refractivity contribution in [3.63, 3.8) is 0 Å². The Morgan fingerprint density at radius 2 is 1.79 bits per heavy atom. The van der Waals surface area contributed by atoms with Crippen molar-refractivity contribution < 1.29 is 19.1 Å². The Labute approximate surface area is 173 Å². The van der Waals surface area contributed by atoms with Gasteiger partial charge in [0.05, 0.1) is 17.5 Å². The Balaban J connectivity index is 1.38. The van der Waals surface area contributed by atoms with Crippen LogP contribution in [-0.4, -0.2) is 33.7 Å². The van der Waals surface area contributed by atoms with E-state index in [2.05, 4.69) is 4.98 Å². The summed E-state index contributed by atoms with van der Waals surface area (Å²) < 4.78 is 5.38. The highest BCUT2D eigenvalue weighted by molar-refractivity contribution is 7.13. The minimum Gasteiger partial charge on any atom is -0.458 e. The molecular formula is C22H24N2O4S. The van der Waals surface area contributed by atoms with Gasteiger partial charge in [0, 0.05) is 10.9 Å². The molecule has 4 rings (SSSR count). The first-order valence-corrected chi connectivity index (χ1v) is 10.9. The standard InChI is InChI=1S/C22H24N2O4S/c1-13-7-9-15(10-8-13)19-23-16(12-29-19)11-28-22(27)14(2)24-20(25)17-5-3-4-6-18(17)21(24)26/h7-10,12,14,17-18H,3-6,11H2,1-2H3/t14-,17+,18+/m0/s1. The fourth-order valence-corrected chi connectivity index (χ4v) is 4.95. The number of esters is 1. The van der Waals surface area contributed by atoms with Crippen LogP contribution >= 0.6 is 11.3 Å². The maximum Gasteiger partial charge on any atom is 0.329 e. The Hall–Kier alpha value is -2.54. The lowest BCUT2D eigenvalue weighted by molar-refractivity contribution is -0.159. The number of aromatic nitrogens is 1. The number of benzene rings is 1. The van der Waals surface area contributed by atoms with Crippen molar-refractivity contribution in [3.05, 3.63) is 40.9 Å². The number of carbonyl (C=O) groups is 3. The largest absolute Gasteiger partial charge is 0.458 e. The van der Waals surface area contributed by atoms with Gasteiger partial charge in [-0.1, -0.05) is 42.7 Å². The van der Waals surface area contributed by atoms with Crippen molar-refractivity contribution in [2.45, 2.75) is 52.2 Å². The topological polar surface area (TPSA) is 76.6 Å².